The number of imidazole rings is 1. The Morgan fingerprint density at radius 2 is 1.81 bits per heavy atom. The van der Waals surface area contributed by atoms with Crippen LogP contribution >= 0.6 is 0 Å². The number of aromatic nitrogens is 2. The number of carbonyl (C=O) groups is 1. The number of nitrogens with two attached hydrogens (primary N) is 1. The van der Waals surface area contributed by atoms with Gasteiger partial charge in [0.15, 0.2) is 6.04 Å². The number of methoxy groups -OCH3 is 1. The zero-order valence-electron chi connectivity index (χ0n) is 11.6. The molecule has 3 rings (SSSR count). The molecule has 3 aromatic rings. The summed E-state index contributed by atoms with van der Waals surface area (Å²) < 4.78 is 6.66. The molecule has 1 unspecified atom stereocenters. The molecule has 0 aliphatic rings. The number of benzene rings is 2. The second kappa shape index (κ2) is 5.28. The summed E-state index contributed by atoms with van der Waals surface area (Å²) in [4.78, 5) is 16.6. The van der Waals surface area contributed by atoms with E-state index in [1.165, 1.54) is 7.11 Å². The molecule has 0 aliphatic carbocycles. The summed E-state index contributed by atoms with van der Waals surface area (Å²) in [6, 6.07) is 16.3. The molecule has 1 atom stereocenters. The van der Waals surface area contributed by atoms with Gasteiger partial charge in [0.2, 0.25) is 5.95 Å². The Bertz CT molecular complexity index is 781. The Morgan fingerprint density at radius 1 is 1.14 bits per heavy atom. The topological polar surface area (TPSA) is 70.1 Å². The van der Waals surface area contributed by atoms with Gasteiger partial charge in [0.1, 0.15) is 0 Å². The van der Waals surface area contributed by atoms with Crippen LogP contribution in [0.4, 0.5) is 5.95 Å². The summed E-state index contributed by atoms with van der Waals surface area (Å²) in [5.74, 6) is -0.0912. The van der Waals surface area contributed by atoms with Crippen LogP contribution in [0.2, 0.25) is 0 Å². The third-order valence-corrected chi connectivity index (χ3v) is 3.42. The molecule has 5 nitrogen and oxygen atoms in total. The van der Waals surface area contributed by atoms with Gasteiger partial charge < -0.3 is 10.5 Å². The molecule has 0 fully saturated rings. The maximum absolute atomic E-state index is 12.3. The fourth-order valence-corrected chi connectivity index (χ4v) is 2.47. The first-order valence-electron chi connectivity index (χ1n) is 6.57. The van der Waals surface area contributed by atoms with Gasteiger partial charge in [-0.1, -0.05) is 42.5 Å². The highest BCUT2D eigenvalue weighted by atomic mass is 16.5. The fraction of sp³-hybridized carbons (Fsp3) is 0.125. The van der Waals surface area contributed by atoms with Crippen molar-refractivity contribution in [1.29, 1.82) is 0 Å². The van der Waals surface area contributed by atoms with Gasteiger partial charge in [-0.2, -0.15) is 0 Å². The van der Waals surface area contributed by atoms with E-state index in [-0.39, 0.29) is 11.9 Å². The number of esters is 1. The highest BCUT2D eigenvalue weighted by Gasteiger charge is 2.27. The highest BCUT2D eigenvalue weighted by molar-refractivity contribution is 5.85. The van der Waals surface area contributed by atoms with Crippen molar-refractivity contribution < 1.29 is 9.53 Å². The van der Waals surface area contributed by atoms with Crippen LogP contribution in [0.1, 0.15) is 11.6 Å². The number of rotatable bonds is 3. The number of anilines is 1. The van der Waals surface area contributed by atoms with Crippen molar-refractivity contribution in [1.82, 2.24) is 9.55 Å². The lowest BCUT2D eigenvalue weighted by Gasteiger charge is -2.18. The van der Waals surface area contributed by atoms with Crippen molar-refractivity contribution in [2.45, 2.75) is 6.04 Å². The normalized spacial score (nSPS) is 12.2. The molecule has 0 saturated heterocycles. The molecule has 2 N–H and O–H groups in total. The van der Waals surface area contributed by atoms with Crippen LogP contribution in [-0.2, 0) is 9.53 Å². The smallest absolute Gasteiger partial charge is 0.333 e. The molecule has 0 amide bonds. The number of nitrogen functional groups attached to an aromatic ring is 1. The lowest BCUT2D eigenvalue weighted by Crippen LogP contribution is -2.23. The summed E-state index contributed by atoms with van der Waals surface area (Å²) in [7, 11) is 1.37. The van der Waals surface area contributed by atoms with E-state index >= 15 is 0 Å². The number of hydrogen-bond donors (Lipinski definition) is 1. The van der Waals surface area contributed by atoms with Gasteiger partial charge in [0, 0.05) is 0 Å². The summed E-state index contributed by atoms with van der Waals surface area (Å²) in [5.41, 5.74) is 8.38. The predicted molar refractivity (Wildman–Crippen MR) is 80.7 cm³/mol. The molecule has 2 aromatic carbocycles. The number of nitrogens with zero attached hydrogens (tertiary/aromatic N) is 2. The third kappa shape index (κ3) is 2.23. The molecule has 21 heavy (non-hydrogen) atoms. The minimum Gasteiger partial charge on any atom is -0.467 e. The van der Waals surface area contributed by atoms with Crippen molar-refractivity contribution in [3.05, 3.63) is 60.2 Å². The molecule has 0 bridgehead atoms. The summed E-state index contributed by atoms with van der Waals surface area (Å²) in [6.07, 6.45) is 0. The molecule has 106 valence electrons. The monoisotopic (exact) mass is 281 g/mol. The number of ether oxygens (including phenoxy) is 1. The largest absolute Gasteiger partial charge is 0.467 e. The summed E-state index contributed by atoms with van der Waals surface area (Å²) in [6.45, 7) is 0. The van der Waals surface area contributed by atoms with E-state index in [2.05, 4.69) is 4.98 Å². The van der Waals surface area contributed by atoms with Gasteiger partial charge in [0.25, 0.3) is 0 Å². The molecule has 0 saturated carbocycles. The Kier molecular flexibility index (Phi) is 3.31. The van der Waals surface area contributed by atoms with Crippen LogP contribution in [0.25, 0.3) is 11.0 Å². The SMILES string of the molecule is COC(=O)C(c1ccccc1)n1c(N)nc2ccccc21. The first kappa shape index (κ1) is 13.2. The molecular formula is C16H15N3O2. The Hall–Kier alpha value is -2.82. The van der Waals surface area contributed by atoms with E-state index in [1.54, 1.807) is 4.57 Å². The molecular weight excluding hydrogens is 266 g/mol. The van der Waals surface area contributed by atoms with Crippen molar-refractivity contribution in [2.75, 3.05) is 12.8 Å². The van der Waals surface area contributed by atoms with E-state index in [0.29, 0.717) is 0 Å². The number of fused-ring (bicyclic) bond motifs is 1. The van der Waals surface area contributed by atoms with Crippen molar-refractivity contribution >= 4 is 23.0 Å². The van der Waals surface area contributed by atoms with Gasteiger partial charge in [-0.3, -0.25) is 4.57 Å². The summed E-state index contributed by atoms with van der Waals surface area (Å²) in [5, 5.41) is 0. The van der Waals surface area contributed by atoms with E-state index in [4.69, 9.17) is 10.5 Å². The number of para-hydroxylation sites is 2. The number of hydrogen-bond acceptors (Lipinski definition) is 4. The molecule has 1 aromatic heterocycles. The molecule has 5 heteroatoms. The average Bonchev–Trinajstić information content (AvgIpc) is 2.85. The molecule has 0 aliphatic heterocycles. The van der Waals surface area contributed by atoms with E-state index < -0.39 is 6.04 Å². The minimum atomic E-state index is -0.649. The Morgan fingerprint density at radius 3 is 2.52 bits per heavy atom. The maximum atomic E-state index is 12.3. The molecule has 0 spiro atoms. The lowest BCUT2D eigenvalue weighted by molar-refractivity contribution is -0.143. The van der Waals surface area contributed by atoms with Gasteiger partial charge in [-0.05, 0) is 17.7 Å². The van der Waals surface area contributed by atoms with Crippen molar-refractivity contribution in [3.8, 4) is 0 Å². The van der Waals surface area contributed by atoms with Gasteiger partial charge >= 0.3 is 5.97 Å². The van der Waals surface area contributed by atoms with E-state index in [9.17, 15) is 4.79 Å². The Balaban J connectivity index is 2.24. The van der Waals surface area contributed by atoms with Crippen LogP contribution in [-0.4, -0.2) is 22.6 Å². The first-order valence-corrected chi connectivity index (χ1v) is 6.57. The van der Waals surface area contributed by atoms with E-state index in [0.717, 1.165) is 16.6 Å². The van der Waals surface area contributed by atoms with E-state index in [1.807, 2.05) is 54.6 Å². The van der Waals surface area contributed by atoms with Crippen LogP contribution < -0.4 is 5.73 Å². The van der Waals surface area contributed by atoms with Crippen LogP contribution in [0.5, 0.6) is 0 Å². The van der Waals surface area contributed by atoms with Crippen molar-refractivity contribution in [3.63, 3.8) is 0 Å². The highest BCUT2D eigenvalue weighted by Crippen LogP contribution is 2.28. The lowest BCUT2D eigenvalue weighted by atomic mass is 10.1. The fourth-order valence-electron chi connectivity index (χ4n) is 2.47. The number of carbonyl (C=O) groups excluding carboxylic acids is 1. The predicted octanol–water partition coefficient (Wildman–Crippen LogP) is 2.38. The zero-order chi connectivity index (χ0) is 14.8. The first-order chi connectivity index (χ1) is 10.2. The molecule has 0 radical (unpaired) electrons. The second-order valence-corrected chi connectivity index (χ2v) is 4.67. The van der Waals surface area contributed by atoms with Crippen molar-refractivity contribution in [2.24, 2.45) is 0 Å². The Labute approximate surface area is 122 Å². The molecule has 1 heterocycles. The van der Waals surface area contributed by atoms with Crippen LogP contribution in [0.3, 0.4) is 0 Å². The van der Waals surface area contributed by atoms with Gasteiger partial charge in [-0.15, -0.1) is 0 Å². The second-order valence-electron chi connectivity index (χ2n) is 4.67. The zero-order valence-corrected chi connectivity index (χ0v) is 11.6. The van der Waals surface area contributed by atoms with Gasteiger partial charge in [0.05, 0.1) is 18.1 Å². The quantitative estimate of drug-likeness (QED) is 0.748. The summed E-state index contributed by atoms with van der Waals surface area (Å²) >= 11 is 0. The van der Waals surface area contributed by atoms with Crippen LogP contribution in [0.15, 0.2) is 54.6 Å². The van der Waals surface area contributed by atoms with Gasteiger partial charge in [-0.25, -0.2) is 9.78 Å². The maximum Gasteiger partial charge on any atom is 0.333 e. The average molecular weight is 281 g/mol. The standard InChI is InChI=1S/C16H15N3O2/c1-21-15(20)14(11-7-3-2-4-8-11)19-13-10-6-5-9-12(13)18-16(19)17/h2-10,14H,1H3,(H2,17,18). The minimum absolute atomic E-state index is 0.287. The van der Waals surface area contributed by atoms with Crippen LogP contribution in [0, 0.1) is 0 Å². The third-order valence-electron chi connectivity index (χ3n) is 3.42.